The van der Waals surface area contributed by atoms with Crippen molar-refractivity contribution >= 4 is 27.9 Å². The van der Waals surface area contributed by atoms with Crippen LogP contribution >= 0.6 is 0 Å². The van der Waals surface area contributed by atoms with E-state index in [4.69, 9.17) is 9.72 Å². The van der Waals surface area contributed by atoms with Crippen molar-refractivity contribution in [3.63, 3.8) is 0 Å². The molecule has 1 saturated heterocycles. The van der Waals surface area contributed by atoms with Gasteiger partial charge in [0, 0.05) is 53.8 Å². The minimum atomic E-state index is -0.593. The predicted octanol–water partition coefficient (Wildman–Crippen LogP) is 5.77. The number of halogens is 1. The van der Waals surface area contributed by atoms with Gasteiger partial charge in [-0.3, -0.25) is 15.0 Å². The van der Waals surface area contributed by atoms with E-state index in [0.717, 1.165) is 66.7 Å². The van der Waals surface area contributed by atoms with Crippen LogP contribution in [0.25, 0.3) is 56.0 Å². The average Bonchev–Trinajstić information content (AvgIpc) is 3.79. The van der Waals surface area contributed by atoms with Crippen molar-refractivity contribution in [1.29, 1.82) is 0 Å². The second-order valence-corrected chi connectivity index (χ2v) is 12.2. The van der Waals surface area contributed by atoms with Crippen molar-refractivity contribution in [3.05, 3.63) is 67.0 Å². The van der Waals surface area contributed by atoms with Gasteiger partial charge >= 0.3 is 0 Å². The Morgan fingerprint density at radius 3 is 2.70 bits per heavy atom. The summed E-state index contributed by atoms with van der Waals surface area (Å²) in [6.07, 6.45) is 12.0. The highest BCUT2D eigenvalue weighted by Crippen LogP contribution is 2.34. The number of imidazole rings is 1. The molecule has 2 fully saturated rings. The van der Waals surface area contributed by atoms with E-state index in [9.17, 15) is 9.50 Å². The number of H-pyrrole nitrogens is 2. The lowest BCUT2D eigenvalue weighted by molar-refractivity contribution is 0.0851. The van der Waals surface area contributed by atoms with E-state index in [1.54, 1.807) is 24.8 Å². The largest absolute Gasteiger partial charge is 0.492 e. The first kappa shape index (κ1) is 28.5. The molecule has 6 aromatic rings. The van der Waals surface area contributed by atoms with Crippen LogP contribution in [0, 0.1) is 11.7 Å². The molecule has 1 saturated carbocycles. The molecule has 2 aliphatic rings. The zero-order valence-corrected chi connectivity index (χ0v) is 25.2. The first-order chi connectivity index (χ1) is 22.6. The first-order valence-electron chi connectivity index (χ1n) is 15.8. The standard InChI is InChI=1S/C34H34FN9O2/c35-24-12-21(14-26(16-24)46-11-10-44-8-1-2-9-44)27-6-7-37-32-29(27)40-33(41-32)30-28-15-23(18-38-31(28)43-42-30)22-13-25(19-36-17-22)39-34(45)20-4-3-5-20/h6-7,12-20,34,39,45H,1-5,8-11H2,(H,37,40,41)(H,38,42,43). The smallest absolute Gasteiger partial charge is 0.181 e. The van der Waals surface area contributed by atoms with Crippen molar-refractivity contribution in [2.75, 3.05) is 31.6 Å². The molecule has 1 unspecified atom stereocenters. The summed E-state index contributed by atoms with van der Waals surface area (Å²) in [6, 6.07) is 10.6. The molecule has 1 aliphatic carbocycles. The summed E-state index contributed by atoms with van der Waals surface area (Å²) < 4.78 is 20.8. The number of benzene rings is 1. The second kappa shape index (κ2) is 12.1. The van der Waals surface area contributed by atoms with Crippen molar-refractivity contribution in [1.82, 2.24) is 40.0 Å². The van der Waals surface area contributed by atoms with Gasteiger partial charge in [0.1, 0.15) is 30.1 Å². The third-order valence-electron chi connectivity index (χ3n) is 9.08. The topological polar surface area (TPSA) is 141 Å². The maximum Gasteiger partial charge on any atom is 0.181 e. The second-order valence-electron chi connectivity index (χ2n) is 12.2. The Morgan fingerprint density at radius 2 is 1.85 bits per heavy atom. The fraction of sp³-hybridized carbons (Fsp3) is 0.324. The monoisotopic (exact) mass is 619 g/mol. The van der Waals surface area contributed by atoms with Gasteiger partial charge in [-0.1, -0.05) is 6.42 Å². The van der Waals surface area contributed by atoms with E-state index in [0.29, 0.717) is 46.2 Å². The summed E-state index contributed by atoms with van der Waals surface area (Å²) in [7, 11) is 0. The van der Waals surface area contributed by atoms with Gasteiger partial charge < -0.3 is 20.1 Å². The molecule has 6 heterocycles. The lowest BCUT2D eigenvalue weighted by Crippen LogP contribution is -2.33. The number of ether oxygens (including phenoxy) is 1. The van der Waals surface area contributed by atoms with Crippen LogP contribution in [0.15, 0.2) is 61.2 Å². The highest BCUT2D eigenvalue weighted by molar-refractivity contribution is 5.96. The molecule has 0 bridgehead atoms. The Hall–Kier alpha value is -4.94. The predicted molar refractivity (Wildman–Crippen MR) is 174 cm³/mol. The van der Waals surface area contributed by atoms with Gasteiger partial charge in [-0.05, 0) is 74.7 Å². The Bertz CT molecular complexity index is 2020. The number of hydrogen-bond acceptors (Lipinski definition) is 9. The van der Waals surface area contributed by atoms with Crippen LogP contribution in [0.1, 0.15) is 32.1 Å². The van der Waals surface area contributed by atoms with Gasteiger partial charge in [-0.25, -0.2) is 19.3 Å². The number of aromatic nitrogens is 7. The fourth-order valence-corrected chi connectivity index (χ4v) is 6.33. The molecule has 234 valence electrons. The molecule has 46 heavy (non-hydrogen) atoms. The molecular weight excluding hydrogens is 585 g/mol. The summed E-state index contributed by atoms with van der Waals surface area (Å²) >= 11 is 0. The molecule has 0 radical (unpaired) electrons. The minimum absolute atomic E-state index is 0.273. The highest BCUT2D eigenvalue weighted by atomic mass is 19.1. The molecule has 11 nitrogen and oxygen atoms in total. The van der Waals surface area contributed by atoms with Crippen LogP contribution in [0.4, 0.5) is 10.1 Å². The third-order valence-corrected chi connectivity index (χ3v) is 9.08. The van der Waals surface area contributed by atoms with Crippen LogP contribution < -0.4 is 10.1 Å². The number of aromatic amines is 2. The summed E-state index contributed by atoms with van der Waals surface area (Å²) in [4.78, 5) is 24.0. The maximum absolute atomic E-state index is 14.8. The van der Waals surface area contributed by atoms with Gasteiger partial charge in [0.25, 0.3) is 0 Å². The van der Waals surface area contributed by atoms with E-state index in [1.165, 1.54) is 25.0 Å². The Morgan fingerprint density at radius 1 is 0.978 bits per heavy atom. The molecule has 0 spiro atoms. The number of pyridine rings is 3. The van der Waals surface area contributed by atoms with Gasteiger partial charge in [0.05, 0.1) is 22.8 Å². The van der Waals surface area contributed by atoms with Crippen LogP contribution in [0.2, 0.25) is 0 Å². The number of anilines is 1. The van der Waals surface area contributed by atoms with Crippen LogP contribution in [-0.4, -0.2) is 77.6 Å². The van der Waals surface area contributed by atoms with Crippen LogP contribution in [-0.2, 0) is 0 Å². The number of fused-ring (bicyclic) bond motifs is 2. The fourth-order valence-electron chi connectivity index (χ4n) is 6.33. The third kappa shape index (κ3) is 5.65. The normalized spacial score (nSPS) is 16.2. The zero-order valence-electron chi connectivity index (χ0n) is 25.2. The number of nitrogens with one attached hydrogen (secondary N) is 3. The SMILES string of the molecule is OC(Nc1cncc(-c2cnc3n[nH]c(-c4nc5nccc(-c6cc(F)cc(OCCN7CCCC7)c6)c5[nH]4)c3c2)c1)C1CCC1. The minimum Gasteiger partial charge on any atom is -0.492 e. The van der Waals surface area contributed by atoms with Crippen molar-refractivity contribution < 1.29 is 14.2 Å². The van der Waals surface area contributed by atoms with E-state index >= 15 is 0 Å². The van der Waals surface area contributed by atoms with Gasteiger partial charge in [0.2, 0.25) is 0 Å². The number of rotatable bonds is 10. The lowest BCUT2D eigenvalue weighted by Gasteiger charge is -2.31. The Balaban J connectivity index is 1.08. The highest BCUT2D eigenvalue weighted by Gasteiger charge is 2.25. The quantitative estimate of drug-likeness (QED) is 0.141. The number of aliphatic hydroxyl groups is 1. The molecular formula is C34H34FN9O2. The molecule has 4 N–H and O–H groups in total. The Labute approximate surface area is 264 Å². The van der Waals surface area contributed by atoms with Crippen molar-refractivity contribution in [2.45, 2.75) is 38.3 Å². The van der Waals surface area contributed by atoms with Crippen molar-refractivity contribution in [2.24, 2.45) is 5.92 Å². The number of hydrogen-bond donors (Lipinski definition) is 4. The maximum atomic E-state index is 14.8. The molecule has 1 aromatic carbocycles. The molecule has 0 amide bonds. The lowest BCUT2D eigenvalue weighted by atomic mass is 9.84. The summed E-state index contributed by atoms with van der Waals surface area (Å²) in [6.45, 7) is 3.51. The molecule has 12 heteroatoms. The average molecular weight is 620 g/mol. The molecule has 1 atom stereocenters. The van der Waals surface area contributed by atoms with Crippen LogP contribution in [0.3, 0.4) is 0 Å². The summed E-state index contributed by atoms with van der Waals surface area (Å²) in [5, 5.41) is 21.9. The number of nitrogens with zero attached hydrogens (tertiary/aromatic N) is 6. The Kier molecular flexibility index (Phi) is 7.51. The zero-order chi connectivity index (χ0) is 31.0. The van der Waals surface area contributed by atoms with E-state index < -0.39 is 6.23 Å². The van der Waals surface area contributed by atoms with Gasteiger partial charge in [0.15, 0.2) is 17.1 Å². The summed E-state index contributed by atoms with van der Waals surface area (Å²) in [5.74, 6) is 0.924. The molecule has 5 aromatic heterocycles. The van der Waals surface area contributed by atoms with Crippen LogP contribution in [0.5, 0.6) is 5.75 Å². The van der Waals surface area contributed by atoms with Crippen molar-refractivity contribution in [3.8, 4) is 39.5 Å². The van der Waals surface area contributed by atoms with E-state index in [-0.39, 0.29) is 11.7 Å². The molecule has 1 aliphatic heterocycles. The van der Waals surface area contributed by atoms with Gasteiger partial charge in [-0.15, -0.1) is 0 Å². The first-order valence-corrected chi connectivity index (χ1v) is 15.8. The number of likely N-dealkylation sites (tertiary alicyclic amines) is 1. The molecule has 8 rings (SSSR count). The summed E-state index contributed by atoms with van der Waals surface area (Å²) in [5.41, 5.74) is 6.23. The van der Waals surface area contributed by atoms with E-state index in [2.05, 4.69) is 40.3 Å². The number of aliphatic hydroxyl groups excluding tert-OH is 1. The van der Waals surface area contributed by atoms with Gasteiger partial charge in [-0.2, -0.15) is 5.10 Å². The van der Waals surface area contributed by atoms with E-state index in [1.807, 2.05) is 24.3 Å².